The van der Waals surface area contributed by atoms with Gasteiger partial charge in [-0.05, 0) is 31.9 Å². The van der Waals surface area contributed by atoms with Gasteiger partial charge in [0.15, 0.2) is 17.2 Å². The number of carbonyl (C=O) groups excluding carboxylic acids is 1. The van der Waals surface area contributed by atoms with Gasteiger partial charge in [-0.15, -0.1) is 0 Å². The molecule has 102 valence electrons. The summed E-state index contributed by atoms with van der Waals surface area (Å²) in [5, 5.41) is 12.0. The molecule has 1 aromatic heterocycles. The second-order valence-electron chi connectivity index (χ2n) is 4.51. The van der Waals surface area contributed by atoms with Crippen molar-refractivity contribution in [1.29, 1.82) is 0 Å². The van der Waals surface area contributed by atoms with Gasteiger partial charge in [0.05, 0.1) is 0 Å². The Kier molecular flexibility index (Phi) is 4.16. The van der Waals surface area contributed by atoms with Crippen molar-refractivity contribution in [3.63, 3.8) is 0 Å². The number of para-hydroxylation sites is 1. The van der Waals surface area contributed by atoms with Crippen molar-refractivity contribution in [2.45, 2.75) is 25.8 Å². The fraction of sp³-hybridized carbons (Fsp3) is 0.357. The second kappa shape index (κ2) is 5.84. The van der Waals surface area contributed by atoms with Crippen LogP contribution in [0.25, 0.3) is 11.0 Å². The highest BCUT2D eigenvalue weighted by molar-refractivity contribution is 5.96. The first-order chi connectivity index (χ1) is 9.11. The van der Waals surface area contributed by atoms with Crippen LogP contribution < -0.4 is 5.32 Å². The fourth-order valence-electron chi connectivity index (χ4n) is 1.90. The molecule has 0 aliphatic carbocycles. The number of hydrogen-bond acceptors (Lipinski definition) is 3. The predicted molar refractivity (Wildman–Crippen MR) is 69.4 cm³/mol. The number of aliphatic hydroxyl groups excluding tert-OH is 1. The summed E-state index contributed by atoms with van der Waals surface area (Å²) in [6.45, 7) is 1.94. The van der Waals surface area contributed by atoms with Crippen LogP contribution in [0.2, 0.25) is 0 Å². The van der Waals surface area contributed by atoms with E-state index in [1.54, 1.807) is 12.1 Å². The molecule has 2 N–H and O–H groups in total. The van der Waals surface area contributed by atoms with E-state index in [9.17, 15) is 9.18 Å². The van der Waals surface area contributed by atoms with Crippen LogP contribution in [-0.2, 0) is 0 Å². The highest BCUT2D eigenvalue weighted by Crippen LogP contribution is 2.22. The Morgan fingerprint density at radius 3 is 3.00 bits per heavy atom. The molecule has 1 unspecified atom stereocenters. The molecule has 2 aromatic rings. The average Bonchev–Trinajstić information content (AvgIpc) is 2.82. The number of rotatable bonds is 5. The zero-order valence-electron chi connectivity index (χ0n) is 10.6. The van der Waals surface area contributed by atoms with Gasteiger partial charge in [0.25, 0.3) is 5.91 Å². The van der Waals surface area contributed by atoms with Gasteiger partial charge in [-0.3, -0.25) is 4.79 Å². The number of benzene rings is 1. The third-order valence-corrected chi connectivity index (χ3v) is 2.89. The fourth-order valence-corrected chi connectivity index (χ4v) is 1.90. The summed E-state index contributed by atoms with van der Waals surface area (Å²) in [4.78, 5) is 11.9. The largest absolute Gasteiger partial charge is 0.448 e. The Balaban J connectivity index is 2.11. The Hall–Kier alpha value is -1.88. The molecule has 4 nitrogen and oxygen atoms in total. The molecule has 19 heavy (non-hydrogen) atoms. The minimum atomic E-state index is -0.482. The van der Waals surface area contributed by atoms with E-state index in [1.807, 2.05) is 6.92 Å². The Morgan fingerprint density at radius 1 is 1.53 bits per heavy atom. The molecule has 0 aliphatic heterocycles. The maximum Gasteiger partial charge on any atom is 0.287 e. The van der Waals surface area contributed by atoms with Crippen LogP contribution in [0.4, 0.5) is 4.39 Å². The number of furan rings is 1. The Bertz CT molecular complexity index is 579. The highest BCUT2D eigenvalue weighted by atomic mass is 19.1. The first-order valence-electron chi connectivity index (χ1n) is 6.21. The molecule has 0 bridgehead atoms. The Morgan fingerprint density at radius 2 is 2.32 bits per heavy atom. The van der Waals surface area contributed by atoms with E-state index in [4.69, 9.17) is 9.52 Å². The number of carbonyl (C=O) groups is 1. The zero-order chi connectivity index (χ0) is 13.8. The van der Waals surface area contributed by atoms with Crippen LogP contribution in [0.15, 0.2) is 28.7 Å². The van der Waals surface area contributed by atoms with Crippen LogP contribution in [0.1, 0.15) is 30.3 Å². The normalized spacial score (nSPS) is 12.6. The van der Waals surface area contributed by atoms with Gasteiger partial charge in [-0.1, -0.05) is 12.1 Å². The third-order valence-electron chi connectivity index (χ3n) is 2.89. The average molecular weight is 265 g/mol. The van der Waals surface area contributed by atoms with Crippen molar-refractivity contribution >= 4 is 16.9 Å². The lowest BCUT2D eigenvalue weighted by atomic mass is 10.2. The summed E-state index contributed by atoms with van der Waals surface area (Å²) in [5.74, 6) is -0.762. The second-order valence-corrected chi connectivity index (χ2v) is 4.51. The summed E-state index contributed by atoms with van der Waals surface area (Å²) < 4.78 is 18.7. The van der Waals surface area contributed by atoms with Gasteiger partial charge in [-0.2, -0.15) is 0 Å². The minimum absolute atomic E-state index is 0.0716. The van der Waals surface area contributed by atoms with E-state index in [-0.39, 0.29) is 29.9 Å². The van der Waals surface area contributed by atoms with Crippen LogP contribution in [-0.4, -0.2) is 23.7 Å². The van der Waals surface area contributed by atoms with Crippen molar-refractivity contribution in [3.8, 4) is 0 Å². The first-order valence-corrected chi connectivity index (χ1v) is 6.21. The summed E-state index contributed by atoms with van der Waals surface area (Å²) in [6, 6.07) is 5.99. The van der Waals surface area contributed by atoms with E-state index in [2.05, 4.69) is 5.32 Å². The van der Waals surface area contributed by atoms with Crippen LogP contribution >= 0.6 is 0 Å². The SMILES string of the molecule is CC(CCCO)NC(=O)c1cc2cccc(F)c2o1. The summed E-state index contributed by atoms with van der Waals surface area (Å²) >= 11 is 0. The van der Waals surface area contributed by atoms with Crippen LogP contribution in [0.3, 0.4) is 0 Å². The molecule has 1 heterocycles. The lowest BCUT2D eigenvalue weighted by Crippen LogP contribution is -2.32. The molecule has 1 amide bonds. The Labute approximate surface area is 110 Å². The standard InChI is InChI=1S/C14H16FNO3/c1-9(4-3-7-17)16-14(18)12-8-10-5-2-6-11(15)13(10)19-12/h2,5-6,8-9,17H,3-4,7H2,1H3,(H,16,18). The number of aliphatic hydroxyl groups is 1. The lowest BCUT2D eigenvalue weighted by molar-refractivity contribution is 0.0910. The molecule has 1 atom stereocenters. The van der Waals surface area contributed by atoms with Gasteiger partial charge in [-0.25, -0.2) is 4.39 Å². The van der Waals surface area contributed by atoms with Gasteiger partial charge in [0.1, 0.15) is 0 Å². The van der Waals surface area contributed by atoms with Crippen molar-refractivity contribution in [2.75, 3.05) is 6.61 Å². The summed E-state index contributed by atoms with van der Waals surface area (Å²) in [5.41, 5.74) is 0.0932. The molecule has 0 radical (unpaired) electrons. The number of amides is 1. The van der Waals surface area contributed by atoms with Crippen LogP contribution in [0, 0.1) is 5.82 Å². The first kappa shape index (κ1) is 13.5. The summed E-state index contributed by atoms with van der Waals surface area (Å²) in [6.07, 6.45) is 1.30. The van der Waals surface area contributed by atoms with E-state index in [0.717, 1.165) is 0 Å². The van der Waals surface area contributed by atoms with Gasteiger partial charge in [0, 0.05) is 18.0 Å². The highest BCUT2D eigenvalue weighted by Gasteiger charge is 2.16. The molecule has 0 fully saturated rings. The molecule has 5 heteroatoms. The molecule has 0 aliphatic rings. The van der Waals surface area contributed by atoms with E-state index in [1.165, 1.54) is 12.1 Å². The van der Waals surface area contributed by atoms with E-state index in [0.29, 0.717) is 18.2 Å². The van der Waals surface area contributed by atoms with Gasteiger partial charge >= 0.3 is 0 Å². The van der Waals surface area contributed by atoms with Crippen molar-refractivity contribution in [2.24, 2.45) is 0 Å². The molecular formula is C14H16FNO3. The zero-order valence-corrected chi connectivity index (χ0v) is 10.6. The smallest absolute Gasteiger partial charge is 0.287 e. The van der Waals surface area contributed by atoms with Gasteiger partial charge < -0.3 is 14.8 Å². The predicted octanol–water partition coefficient (Wildman–Crippen LogP) is 2.46. The third kappa shape index (κ3) is 3.12. The molecule has 1 aromatic carbocycles. The molecular weight excluding hydrogens is 249 g/mol. The molecule has 0 saturated carbocycles. The molecule has 0 spiro atoms. The van der Waals surface area contributed by atoms with Crippen molar-refractivity contribution in [3.05, 3.63) is 35.8 Å². The number of nitrogens with one attached hydrogen (secondary N) is 1. The maximum absolute atomic E-state index is 13.4. The lowest BCUT2D eigenvalue weighted by Gasteiger charge is -2.11. The van der Waals surface area contributed by atoms with Crippen LogP contribution in [0.5, 0.6) is 0 Å². The van der Waals surface area contributed by atoms with E-state index >= 15 is 0 Å². The summed E-state index contributed by atoms with van der Waals surface area (Å²) in [7, 11) is 0. The van der Waals surface area contributed by atoms with Crippen molar-refractivity contribution in [1.82, 2.24) is 5.32 Å². The van der Waals surface area contributed by atoms with Crippen molar-refractivity contribution < 1.29 is 18.7 Å². The van der Waals surface area contributed by atoms with E-state index < -0.39 is 5.82 Å². The number of halogens is 1. The monoisotopic (exact) mass is 265 g/mol. The topological polar surface area (TPSA) is 62.5 Å². The number of hydrogen-bond donors (Lipinski definition) is 2. The van der Waals surface area contributed by atoms with Gasteiger partial charge in [0.2, 0.25) is 0 Å². The number of fused-ring (bicyclic) bond motifs is 1. The quantitative estimate of drug-likeness (QED) is 0.873. The molecule has 2 rings (SSSR count). The minimum Gasteiger partial charge on any atom is -0.448 e. The maximum atomic E-state index is 13.4. The molecule has 0 saturated heterocycles.